The Labute approximate surface area is 123 Å². The van der Waals surface area contributed by atoms with Gasteiger partial charge in [0.2, 0.25) is 0 Å². The lowest BCUT2D eigenvalue weighted by molar-refractivity contribution is -0.123. The van der Waals surface area contributed by atoms with Crippen LogP contribution in [0.2, 0.25) is 0 Å². The second-order valence-corrected chi connectivity index (χ2v) is 4.87. The fraction of sp³-hybridized carbons (Fsp3) is 0.154. The lowest BCUT2D eigenvalue weighted by atomic mass is 10.3. The van der Waals surface area contributed by atoms with Crippen molar-refractivity contribution in [2.24, 2.45) is 0 Å². The fourth-order valence-electron chi connectivity index (χ4n) is 1.42. The van der Waals surface area contributed by atoms with Crippen molar-refractivity contribution in [1.82, 2.24) is 10.3 Å². The van der Waals surface area contributed by atoms with Gasteiger partial charge in [-0.15, -0.1) is 11.3 Å². The van der Waals surface area contributed by atoms with Crippen molar-refractivity contribution in [2.75, 3.05) is 6.61 Å². The molecule has 0 aliphatic carbocycles. The standard InChI is InChI=1S/C13H11FN2O4S/c14-8-3-1-2-4-10(8)20-6-11(17)15-5-12-16-9(7-21-12)13(18)19/h1-4,7H,5-6H2,(H,15,17)(H,18,19). The summed E-state index contributed by atoms with van der Waals surface area (Å²) in [6.07, 6.45) is 0. The maximum Gasteiger partial charge on any atom is 0.355 e. The number of aromatic nitrogens is 1. The van der Waals surface area contributed by atoms with Gasteiger partial charge in [0.1, 0.15) is 5.01 Å². The maximum absolute atomic E-state index is 13.2. The second-order valence-electron chi connectivity index (χ2n) is 3.93. The Kier molecular flexibility index (Phi) is 4.83. The van der Waals surface area contributed by atoms with E-state index in [1.807, 2.05) is 0 Å². The normalized spacial score (nSPS) is 10.1. The smallest absolute Gasteiger partial charge is 0.355 e. The third-order valence-electron chi connectivity index (χ3n) is 2.40. The summed E-state index contributed by atoms with van der Waals surface area (Å²) < 4.78 is 18.3. The summed E-state index contributed by atoms with van der Waals surface area (Å²) in [6, 6.07) is 5.77. The van der Waals surface area contributed by atoms with Gasteiger partial charge in [-0.25, -0.2) is 14.2 Å². The summed E-state index contributed by atoms with van der Waals surface area (Å²) in [4.78, 5) is 26.0. The van der Waals surface area contributed by atoms with Gasteiger partial charge in [0.05, 0.1) is 6.54 Å². The van der Waals surface area contributed by atoms with E-state index in [0.717, 1.165) is 11.3 Å². The summed E-state index contributed by atoms with van der Waals surface area (Å²) in [5.41, 5.74) is -0.0631. The number of benzene rings is 1. The highest BCUT2D eigenvalue weighted by atomic mass is 32.1. The van der Waals surface area contributed by atoms with Crippen molar-refractivity contribution >= 4 is 23.2 Å². The van der Waals surface area contributed by atoms with E-state index >= 15 is 0 Å². The number of carboxylic acid groups (broad SMARTS) is 1. The molecule has 0 radical (unpaired) electrons. The molecular formula is C13H11FN2O4S. The summed E-state index contributed by atoms with van der Waals surface area (Å²) >= 11 is 1.13. The van der Waals surface area contributed by atoms with Crippen LogP contribution in [0.5, 0.6) is 5.75 Å². The molecule has 6 nitrogen and oxygen atoms in total. The number of ether oxygens (including phenoxy) is 1. The number of hydrogen-bond donors (Lipinski definition) is 2. The molecule has 8 heteroatoms. The number of carboxylic acids is 1. The van der Waals surface area contributed by atoms with Crippen molar-refractivity contribution in [3.8, 4) is 5.75 Å². The lowest BCUT2D eigenvalue weighted by Crippen LogP contribution is -2.28. The molecule has 0 aliphatic rings. The minimum atomic E-state index is -1.12. The van der Waals surface area contributed by atoms with Crippen LogP contribution in [-0.4, -0.2) is 28.6 Å². The van der Waals surface area contributed by atoms with E-state index in [4.69, 9.17) is 9.84 Å². The Hall–Kier alpha value is -2.48. The van der Waals surface area contributed by atoms with Crippen molar-refractivity contribution < 1.29 is 23.8 Å². The molecule has 1 aromatic carbocycles. The molecule has 2 rings (SSSR count). The molecule has 0 atom stereocenters. The SMILES string of the molecule is O=C(COc1ccccc1F)NCc1nc(C(=O)O)cs1. The predicted molar refractivity (Wildman–Crippen MR) is 72.8 cm³/mol. The van der Waals surface area contributed by atoms with Gasteiger partial charge in [0.25, 0.3) is 5.91 Å². The van der Waals surface area contributed by atoms with Crippen molar-refractivity contribution in [2.45, 2.75) is 6.54 Å². The zero-order chi connectivity index (χ0) is 15.2. The lowest BCUT2D eigenvalue weighted by Gasteiger charge is -2.07. The fourth-order valence-corrected chi connectivity index (χ4v) is 2.13. The third-order valence-corrected chi connectivity index (χ3v) is 3.25. The van der Waals surface area contributed by atoms with E-state index in [1.54, 1.807) is 6.07 Å². The first-order valence-electron chi connectivity index (χ1n) is 5.88. The summed E-state index contributed by atoms with van der Waals surface area (Å²) in [5, 5.41) is 13.1. The summed E-state index contributed by atoms with van der Waals surface area (Å²) in [5.74, 6) is -2.12. The Balaban J connectivity index is 1.79. The van der Waals surface area contributed by atoms with Crippen LogP contribution in [0.3, 0.4) is 0 Å². The molecule has 0 fully saturated rings. The number of carbonyl (C=O) groups excluding carboxylic acids is 1. The van der Waals surface area contributed by atoms with Gasteiger partial charge in [0.15, 0.2) is 23.9 Å². The topological polar surface area (TPSA) is 88.5 Å². The molecule has 110 valence electrons. The highest BCUT2D eigenvalue weighted by Gasteiger charge is 2.10. The van der Waals surface area contributed by atoms with Crippen LogP contribution >= 0.6 is 11.3 Å². The average molecular weight is 310 g/mol. The van der Waals surface area contributed by atoms with Crippen molar-refractivity contribution in [3.05, 3.63) is 46.2 Å². The van der Waals surface area contributed by atoms with Gasteiger partial charge in [-0.3, -0.25) is 4.79 Å². The van der Waals surface area contributed by atoms with Gasteiger partial charge in [-0.1, -0.05) is 12.1 Å². The van der Waals surface area contributed by atoms with Gasteiger partial charge in [-0.2, -0.15) is 0 Å². The molecule has 0 bridgehead atoms. The molecule has 0 saturated heterocycles. The van der Waals surface area contributed by atoms with Crippen molar-refractivity contribution in [1.29, 1.82) is 0 Å². The van der Waals surface area contributed by atoms with Crippen LogP contribution in [0, 0.1) is 5.82 Å². The first-order valence-corrected chi connectivity index (χ1v) is 6.76. The first kappa shape index (κ1) is 14.9. The minimum Gasteiger partial charge on any atom is -0.481 e. The predicted octanol–water partition coefficient (Wildman–Crippen LogP) is 1.68. The molecule has 1 amide bonds. The van der Waals surface area contributed by atoms with E-state index in [9.17, 15) is 14.0 Å². The average Bonchev–Trinajstić information content (AvgIpc) is 2.93. The number of para-hydroxylation sites is 1. The number of amides is 1. The van der Waals surface area contributed by atoms with E-state index in [-0.39, 0.29) is 24.6 Å². The number of halogens is 1. The molecular weight excluding hydrogens is 299 g/mol. The third kappa shape index (κ3) is 4.25. The van der Waals surface area contributed by atoms with Crippen LogP contribution < -0.4 is 10.1 Å². The van der Waals surface area contributed by atoms with Crippen LogP contribution in [0.1, 0.15) is 15.5 Å². The number of nitrogens with zero attached hydrogens (tertiary/aromatic N) is 1. The molecule has 0 saturated carbocycles. The Bertz CT molecular complexity index is 659. The zero-order valence-corrected chi connectivity index (χ0v) is 11.5. The Morgan fingerprint density at radius 3 is 2.81 bits per heavy atom. The van der Waals surface area contributed by atoms with Gasteiger partial charge in [-0.05, 0) is 12.1 Å². The zero-order valence-electron chi connectivity index (χ0n) is 10.7. The second kappa shape index (κ2) is 6.80. The number of hydrogen-bond acceptors (Lipinski definition) is 5. The van der Waals surface area contributed by atoms with Gasteiger partial charge >= 0.3 is 5.97 Å². The van der Waals surface area contributed by atoms with E-state index in [1.165, 1.54) is 23.6 Å². The largest absolute Gasteiger partial charge is 0.481 e. The monoisotopic (exact) mass is 310 g/mol. The molecule has 0 unspecified atom stereocenters. The van der Waals surface area contributed by atoms with Crippen LogP contribution in [0.4, 0.5) is 4.39 Å². The van der Waals surface area contributed by atoms with E-state index < -0.39 is 17.7 Å². The molecule has 21 heavy (non-hydrogen) atoms. The Morgan fingerprint density at radius 1 is 1.38 bits per heavy atom. The van der Waals surface area contributed by atoms with Crippen LogP contribution in [0.15, 0.2) is 29.6 Å². The quantitative estimate of drug-likeness (QED) is 0.847. The maximum atomic E-state index is 13.2. The molecule has 1 heterocycles. The van der Waals surface area contributed by atoms with Gasteiger partial charge < -0.3 is 15.2 Å². The Morgan fingerprint density at radius 2 is 2.14 bits per heavy atom. The highest BCUT2D eigenvalue weighted by molar-refractivity contribution is 7.09. The molecule has 1 aromatic heterocycles. The summed E-state index contributed by atoms with van der Waals surface area (Å²) in [6.45, 7) is -0.241. The first-order chi connectivity index (χ1) is 10.1. The highest BCUT2D eigenvalue weighted by Crippen LogP contribution is 2.15. The molecule has 2 N–H and O–H groups in total. The molecule has 0 aliphatic heterocycles. The number of carbonyl (C=O) groups is 2. The number of rotatable bonds is 6. The summed E-state index contributed by atoms with van der Waals surface area (Å²) in [7, 11) is 0. The minimum absolute atomic E-state index is 0.00457. The van der Waals surface area contributed by atoms with Crippen LogP contribution in [-0.2, 0) is 11.3 Å². The molecule has 2 aromatic rings. The van der Waals surface area contributed by atoms with Crippen molar-refractivity contribution in [3.63, 3.8) is 0 Å². The van der Waals surface area contributed by atoms with Crippen LogP contribution in [0.25, 0.3) is 0 Å². The molecule has 0 spiro atoms. The van der Waals surface area contributed by atoms with Gasteiger partial charge in [0, 0.05) is 5.38 Å². The number of thiazole rings is 1. The number of nitrogens with one attached hydrogen (secondary N) is 1. The van der Waals surface area contributed by atoms with E-state index in [2.05, 4.69) is 10.3 Å². The van der Waals surface area contributed by atoms with E-state index in [0.29, 0.717) is 5.01 Å². The number of aromatic carboxylic acids is 1.